The smallest absolute Gasteiger partial charge is 0.475 e. The van der Waals surface area contributed by atoms with Gasteiger partial charge in [-0.1, -0.05) is 12.1 Å². The van der Waals surface area contributed by atoms with Gasteiger partial charge in [-0.05, 0) is 43.0 Å². The van der Waals surface area contributed by atoms with Crippen molar-refractivity contribution in [1.82, 2.24) is 10.2 Å². The van der Waals surface area contributed by atoms with E-state index >= 15 is 0 Å². The van der Waals surface area contributed by atoms with E-state index in [1.807, 2.05) is 12.1 Å². The summed E-state index contributed by atoms with van der Waals surface area (Å²) in [5.74, 6) is -2.50. The zero-order chi connectivity index (χ0) is 20.9. The van der Waals surface area contributed by atoms with Crippen molar-refractivity contribution in [2.45, 2.75) is 37.8 Å². The Morgan fingerprint density at radius 2 is 1.89 bits per heavy atom. The SMILES string of the molecule is CNC(=O)[C@H]1C[C@@H]2CCN(Cc3ccc(F)cc3)C[C@H]2O1.O=C(O)C(F)(F)F. The molecule has 0 aromatic heterocycles. The molecule has 2 heterocycles. The van der Waals surface area contributed by atoms with Crippen LogP contribution < -0.4 is 5.32 Å². The van der Waals surface area contributed by atoms with Gasteiger partial charge >= 0.3 is 12.1 Å². The number of likely N-dealkylation sites (N-methyl/N-ethyl adjacent to an activating group) is 1. The Balaban J connectivity index is 0.000000345. The maximum atomic E-state index is 12.9. The monoisotopic (exact) mass is 406 g/mol. The number of halogens is 4. The molecular formula is C18H22F4N2O4. The first kappa shape index (κ1) is 22.1. The highest BCUT2D eigenvalue weighted by Gasteiger charge is 2.41. The number of carboxylic acid groups (broad SMARTS) is 1. The summed E-state index contributed by atoms with van der Waals surface area (Å²) in [7, 11) is 1.65. The molecule has 0 spiro atoms. The van der Waals surface area contributed by atoms with E-state index in [1.54, 1.807) is 7.05 Å². The highest BCUT2D eigenvalue weighted by atomic mass is 19.4. The van der Waals surface area contributed by atoms with Gasteiger partial charge in [0.1, 0.15) is 11.9 Å². The Morgan fingerprint density at radius 1 is 1.29 bits per heavy atom. The zero-order valence-corrected chi connectivity index (χ0v) is 15.2. The first-order valence-electron chi connectivity index (χ1n) is 8.74. The van der Waals surface area contributed by atoms with Gasteiger partial charge < -0.3 is 15.2 Å². The van der Waals surface area contributed by atoms with Crippen molar-refractivity contribution in [3.05, 3.63) is 35.6 Å². The highest BCUT2D eigenvalue weighted by Crippen LogP contribution is 2.33. The molecule has 1 aromatic rings. The fourth-order valence-electron chi connectivity index (χ4n) is 3.32. The van der Waals surface area contributed by atoms with E-state index in [-0.39, 0.29) is 23.9 Å². The maximum absolute atomic E-state index is 12.9. The number of piperidine rings is 1. The number of amides is 1. The first-order chi connectivity index (χ1) is 13.1. The summed E-state index contributed by atoms with van der Waals surface area (Å²) in [5, 5.41) is 9.78. The number of hydrogen-bond donors (Lipinski definition) is 2. The highest BCUT2D eigenvalue weighted by molar-refractivity contribution is 5.80. The van der Waals surface area contributed by atoms with Crippen LogP contribution in [0.5, 0.6) is 0 Å². The molecular weight excluding hydrogens is 384 g/mol. The first-order valence-corrected chi connectivity index (χ1v) is 8.74. The second-order valence-electron chi connectivity index (χ2n) is 6.73. The summed E-state index contributed by atoms with van der Waals surface area (Å²) in [4.78, 5) is 22.9. The average molecular weight is 406 g/mol. The van der Waals surface area contributed by atoms with Crippen LogP contribution in [0.4, 0.5) is 17.6 Å². The number of aliphatic carboxylic acids is 1. The van der Waals surface area contributed by atoms with Crippen LogP contribution in [0.2, 0.25) is 0 Å². The molecule has 28 heavy (non-hydrogen) atoms. The van der Waals surface area contributed by atoms with E-state index in [2.05, 4.69) is 10.2 Å². The molecule has 2 saturated heterocycles. The van der Waals surface area contributed by atoms with Crippen molar-refractivity contribution in [1.29, 1.82) is 0 Å². The molecule has 0 radical (unpaired) electrons. The Bertz CT molecular complexity index is 681. The van der Waals surface area contributed by atoms with Crippen LogP contribution in [-0.2, 0) is 20.9 Å². The molecule has 1 amide bonds. The van der Waals surface area contributed by atoms with Gasteiger partial charge in [0.25, 0.3) is 0 Å². The Hall–Kier alpha value is -2.20. The van der Waals surface area contributed by atoms with E-state index in [9.17, 15) is 22.4 Å². The minimum absolute atomic E-state index is 0.0190. The van der Waals surface area contributed by atoms with Crippen molar-refractivity contribution < 1.29 is 37.0 Å². The Morgan fingerprint density at radius 3 is 2.43 bits per heavy atom. The lowest BCUT2D eigenvalue weighted by Crippen LogP contribution is -2.42. The predicted molar refractivity (Wildman–Crippen MR) is 90.8 cm³/mol. The molecule has 3 atom stereocenters. The molecule has 2 N–H and O–H groups in total. The number of nitrogens with one attached hydrogen (secondary N) is 1. The van der Waals surface area contributed by atoms with Gasteiger partial charge in [-0.25, -0.2) is 9.18 Å². The molecule has 2 aliphatic rings. The van der Waals surface area contributed by atoms with Gasteiger partial charge in [0.05, 0.1) is 6.10 Å². The lowest BCUT2D eigenvalue weighted by Gasteiger charge is -2.34. The summed E-state index contributed by atoms with van der Waals surface area (Å²) in [6.45, 7) is 2.65. The van der Waals surface area contributed by atoms with E-state index < -0.39 is 12.1 Å². The summed E-state index contributed by atoms with van der Waals surface area (Å²) in [6.07, 6.45) is -3.36. The Labute approximate surface area is 159 Å². The summed E-state index contributed by atoms with van der Waals surface area (Å²) in [5.41, 5.74) is 1.11. The standard InChI is InChI=1S/C16H21FN2O2.C2HF3O2/c1-18-16(20)14-8-12-6-7-19(10-15(12)21-14)9-11-2-4-13(17)5-3-11;3-2(4,5)1(6)7/h2-5,12,14-15H,6-10H2,1H3,(H,18,20);(H,6,7)/t12-,14+,15+;/m0./s1. The average Bonchev–Trinajstić information content (AvgIpc) is 3.06. The second kappa shape index (κ2) is 9.33. The third-order valence-electron chi connectivity index (χ3n) is 4.74. The minimum atomic E-state index is -5.08. The van der Waals surface area contributed by atoms with Crippen molar-refractivity contribution in [2.24, 2.45) is 5.92 Å². The molecule has 2 aliphatic heterocycles. The Kier molecular flexibility index (Phi) is 7.36. The van der Waals surface area contributed by atoms with Crippen LogP contribution in [0.15, 0.2) is 24.3 Å². The van der Waals surface area contributed by atoms with E-state index in [1.165, 1.54) is 12.1 Å². The number of alkyl halides is 3. The second-order valence-corrected chi connectivity index (χ2v) is 6.73. The van der Waals surface area contributed by atoms with Gasteiger partial charge in [-0.2, -0.15) is 13.2 Å². The molecule has 6 nitrogen and oxygen atoms in total. The number of rotatable bonds is 3. The van der Waals surface area contributed by atoms with Gasteiger partial charge in [-0.15, -0.1) is 0 Å². The number of hydrogen-bond acceptors (Lipinski definition) is 4. The number of carbonyl (C=O) groups excluding carboxylic acids is 1. The molecule has 156 valence electrons. The summed E-state index contributed by atoms with van der Waals surface area (Å²) < 4.78 is 50.5. The maximum Gasteiger partial charge on any atom is 0.490 e. The van der Waals surface area contributed by atoms with Gasteiger partial charge in [-0.3, -0.25) is 9.69 Å². The molecule has 0 aliphatic carbocycles. The molecule has 0 saturated carbocycles. The van der Waals surface area contributed by atoms with E-state index in [0.717, 1.165) is 38.0 Å². The van der Waals surface area contributed by atoms with Crippen molar-refractivity contribution in [2.75, 3.05) is 20.1 Å². The van der Waals surface area contributed by atoms with E-state index in [4.69, 9.17) is 14.6 Å². The van der Waals surface area contributed by atoms with Crippen LogP contribution >= 0.6 is 0 Å². The largest absolute Gasteiger partial charge is 0.490 e. The molecule has 0 bridgehead atoms. The van der Waals surface area contributed by atoms with Crippen LogP contribution in [-0.4, -0.2) is 60.4 Å². The van der Waals surface area contributed by atoms with Gasteiger partial charge in [0.15, 0.2) is 0 Å². The van der Waals surface area contributed by atoms with Crippen LogP contribution in [0.1, 0.15) is 18.4 Å². The molecule has 0 unspecified atom stereocenters. The topological polar surface area (TPSA) is 78.9 Å². The third-order valence-corrected chi connectivity index (χ3v) is 4.74. The number of carboxylic acids is 1. The minimum Gasteiger partial charge on any atom is -0.475 e. The quantitative estimate of drug-likeness (QED) is 0.753. The van der Waals surface area contributed by atoms with E-state index in [0.29, 0.717) is 5.92 Å². The van der Waals surface area contributed by atoms with Crippen molar-refractivity contribution in [3.63, 3.8) is 0 Å². The lowest BCUT2D eigenvalue weighted by molar-refractivity contribution is -0.192. The van der Waals surface area contributed by atoms with Crippen molar-refractivity contribution >= 4 is 11.9 Å². The fraction of sp³-hybridized carbons (Fsp3) is 0.556. The molecule has 2 fully saturated rings. The molecule has 10 heteroatoms. The molecule has 1 aromatic carbocycles. The van der Waals surface area contributed by atoms with Crippen LogP contribution in [0.3, 0.4) is 0 Å². The normalized spacial score (nSPS) is 24.7. The number of ether oxygens (including phenoxy) is 1. The van der Waals surface area contributed by atoms with Gasteiger partial charge in [0.2, 0.25) is 5.91 Å². The number of carbonyl (C=O) groups is 2. The van der Waals surface area contributed by atoms with Crippen LogP contribution in [0, 0.1) is 11.7 Å². The summed E-state index contributed by atoms with van der Waals surface area (Å²) in [6, 6.07) is 6.64. The van der Waals surface area contributed by atoms with Gasteiger partial charge in [0, 0.05) is 20.1 Å². The number of likely N-dealkylation sites (tertiary alicyclic amines) is 1. The molecule has 3 rings (SSSR count). The number of benzene rings is 1. The predicted octanol–water partition coefficient (Wildman–Crippen LogP) is 2.18. The summed E-state index contributed by atoms with van der Waals surface area (Å²) >= 11 is 0. The number of nitrogens with zero attached hydrogens (tertiary/aromatic N) is 1. The number of fused-ring (bicyclic) bond motifs is 1. The van der Waals surface area contributed by atoms with Crippen LogP contribution in [0.25, 0.3) is 0 Å². The fourth-order valence-corrected chi connectivity index (χ4v) is 3.32. The zero-order valence-electron chi connectivity index (χ0n) is 15.2. The third kappa shape index (κ3) is 6.16. The lowest BCUT2D eigenvalue weighted by atomic mass is 9.91. The van der Waals surface area contributed by atoms with Crippen molar-refractivity contribution in [3.8, 4) is 0 Å².